The van der Waals surface area contributed by atoms with Gasteiger partial charge in [0.05, 0.1) is 0 Å². The molecule has 1 aliphatic heterocycles. The lowest BCUT2D eigenvalue weighted by Gasteiger charge is -2.16. The Bertz CT molecular complexity index is 622. The largest absolute Gasteiger partial charge is 0.489 e. The molecule has 1 fully saturated rings. The molecule has 3 nitrogen and oxygen atoms in total. The molecular weight excluding hydrogens is 269 g/mol. The predicted octanol–water partition coefficient (Wildman–Crippen LogP) is 3.53. The van der Waals surface area contributed by atoms with Crippen LogP contribution in [0.4, 0.5) is 10.1 Å². The van der Waals surface area contributed by atoms with Crippen LogP contribution in [0.1, 0.15) is 18.4 Å². The van der Waals surface area contributed by atoms with Crippen molar-refractivity contribution in [3.8, 4) is 5.75 Å². The molecule has 3 rings (SSSR count). The second kappa shape index (κ2) is 5.95. The van der Waals surface area contributed by atoms with Gasteiger partial charge in [0, 0.05) is 18.7 Å². The van der Waals surface area contributed by atoms with Crippen molar-refractivity contribution in [2.24, 2.45) is 0 Å². The Labute approximate surface area is 123 Å². The maximum absolute atomic E-state index is 12.8. The van der Waals surface area contributed by atoms with E-state index in [2.05, 4.69) is 0 Å². The summed E-state index contributed by atoms with van der Waals surface area (Å²) in [4.78, 5) is 13.5. The summed E-state index contributed by atoms with van der Waals surface area (Å²) in [5, 5.41) is 0. The van der Waals surface area contributed by atoms with Crippen LogP contribution in [0.15, 0.2) is 48.5 Å². The standard InChI is InChI=1S/C17H16FNO2/c18-14-5-3-13(4-6-14)12-21-16-9-7-15(8-10-16)19-11-1-2-17(19)20/h3-10H,1-2,11-12H2. The molecule has 0 saturated carbocycles. The number of hydrogen-bond donors (Lipinski definition) is 0. The first kappa shape index (κ1) is 13.6. The molecule has 4 heteroatoms. The molecule has 108 valence electrons. The summed E-state index contributed by atoms with van der Waals surface area (Å²) in [6.45, 7) is 1.18. The highest BCUT2D eigenvalue weighted by atomic mass is 19.1. The van der Waals surface area contributed by atoms with Crippen LogP contribution in [-0.4, -0.2) is 12.5 Å². The van der Waals surface area contributed by atoms with Gasteiger partial charge < -0.3 is 9.64 Å². The fourth-order valence-electron chi connectivity index (χ4n) is 2.39. The van der Waals surface area contributed by atoms with Crippen LogP contribution in [0.2, 0.25) is 0 Å². The molecule has 0 atom stereocenters. The van der Waals surface area contributed by atoms with Crippen molar-refractivity contribution in [2.45, 2.75) is 19.4 Å². The van der Waals surface area contributed by atoms with Gasteiger partial charge in [0.15, 0.2) is 0 Å². The van der Waals surface area contributed by atoms with E-state index in [1.54, 1.807) is 17.0 Å². The third kappa shape index (κ3) is 3.21. The zero-order chi connectivity index (χ0) is 14.7. The van der Waals surface area contributed by atoms with E-state index in [9.17, 15) is 9.18 Å². The molecule has 0 bridgehead atoms. The van der Waals surface area contributed by atoms with Crippen molar-refractivity contribution in [3.05, 3.63) is 59.9 Å². The Kier molecular flexibility index (Phi) is 3.86. The molecule has 1 amide bonds. The van der Waals surface area contributed by atoms with Crippen molar-refractivity contribution < 1.29 is 13.9 Å². The monoisotopic (exact) mass is 285 g/mol. The van der Waals surface area contributed by atoms with Crippen molar-refractivity contribution in [2.75, 3.05) is 11.4 Å². The third-order valence-electron chi connectivity index (χ3n) is 3.54. The van der Waals surface area contributed by atoms with Crippen LogP contribution >= 0.6 is 0 Å². The summed E-state index contributed by atoms with van der Waals surface area (Å²) in [5.74, 6) is 0.656. The smallest absolute Gasteiger partial charge is 0.227 e. The van der Waals surface area contributed by atoms with E-state index in [-0.39, 0.29) is 11.7 Å². The number of carbonyl (C=O) groups is 1. The zero-order valence-electron chi connectivity index (χ0n) is 11.6. The van der Waals surface area contributed by atoms with Crippen LogP contribution in [0.5, 0.6) is 5.75 Å². The second-order valence-corrected chi connectivity index (χ2v) is 5.06. The number of ether oxygens (including phenoxy) is 1. The number of rotatable bonds is 4. The van der Waals surface area contributed by atoms with Gasteiger partial charge in [0.1, 0.15) is 18.2 Å². The molecule has 2 aromatic rings. The second-order valence-electron chi connectivity index (χ2n) is 5.06. The van der Waals surface area contributed by atoms with E-state index in [1.807, 2.05) is 24.3 Å². The summed E-state index contributed by atoms with van der Waals surface area (Å²) < 4.78 is 18.5. The molecule has 1 heterocycles. The average molecular weight is 285 g/mol. The van der Waals surface area contributed by atoms with Gasteiger partial charge in [0.25, 0.3) is 0 Å². The predicted molar refractivity (Wildman–Crippen MR) is 78.8 cm³/mol. The molecule has 0 N–H and O–H groups in total. The normalized spacial score (nSPS) is 14.5. The fourth-order valence-corrected chi connectivity index (χ4v) is 2.39. The molecule has 0 aliphatic carbocycles. The van der Waals surface area contributed by atoms with Gasteiger partial charge in [-0.2, -0.15) is 0 Å². The minimum absolute atomic E-state index is 0.176. The minimum atomic E-state index is -0.251. The maximum Gasteiger partial charge on any atom is 0.227 e. The van der Waals surface area contributed by atoms with Gasteiger partial charge in [-0.3, -0.25) is 4.79 Å². The Balaban J connectivity index is 1.62. The van der Waals surface area contributed by atoms with Crippen LogP contribution in [0.3, 0.4) is 0 Å². The van der Waals surface area contributed by atoms with Crippen molar-refractivity contribution in [1.29, 1.82) is 0 Å². The Morgan fingerprint density at radius 1 is 1.05 bits per heavy atom. The molecule has 0 radical (unpaired) electrons. The van der Waals surface area contributed by atoms with E-state index in [4.69, 9.17) is 4.74 Å². The van der Waals surface area contributed by atoms with Crippen LogP contribution in [0, 0.1) is 5.82 Å². The molecule has 0 spiro atoms. The summed E-state index contributed by atoms with van der Waals surface area (Å²) in [6.07, 6.45) is 1.55. The van der Waals surface area contributed by atoms with Crippen LogP contribution in [-0.2, 0) is 11.4 Å². The van der Waals surface area contributed by atoms with Crippen molar-refractivity contribution >= 4 is 11.6 Å². The number of benzene rings is 2. The van der Waals surface area contributed by atoms with Crippen LogP contribution in [0.25, 0.3) is 0 Å². The lowest BCUT2D eigenvalue weighted by atomic mass is 10.2. The SMILES string of the molecule is O=C1CCCN1c1ccc(OCc2ccc(F)cc2)cc1. The topological polar surface area (TPSA) is 29.5 Å². The number of carbonyl (C=O) groups excluding carboxylic acids is 1. The number of halogens is 1. The minimum Gasteiger partial charge on any atom is -0.489 e. The van der Waals surface area contributed by atoms with Gasteiger partial charge in [0.2, 0.25) is 5.91 Å². The van der Waals surface area contributed by atoms with Crippen molar-refractivity contribution in [1.82, 2.24) is 0 Å². The summed E-state index contributed by atoms with van der Waals surface area (Å²) in [6, 6.07) is 13.7. The zero-order valence-corrected chi connectivity index (χ0v) is 11.6. The van der Waals surface area contributed by atoms with Gasteiger partial charge in [-0.1, -0.05) is 12.1 Å². The molecule has 21 heavy (non-hydrogen) atoms. The highest BCUT2D eigenvalue weighted by Crippen LogP contribution is 2.24. The molecular formula is C17H16FNO2. The summed E-state index contributed by atoms with van der Waals surface area (Å²) >= 11 is 0. The average Bonchev–Trinajstić information content (AvgIpc) is 2.93. The quantitative estimate of drug-likeness (QED) is 0.860. The third-order valence-corrected chi connectivity index (χ3v) is 3.54. The lowest BCUT2D eigenvalue weighted by Crippen LogP contribution is -2.23. The fraction of sp³-hybridized carbons (Fsp3) is 0.235. The van der Waals surface area contributed by atoms with E-state index in [0.29, 0.717) is 13.0 Å². The Hall–Kier alpha value is -2.36. The number of nitrogens with zero attached hydrogens (tertiary/aromatic N) is 1. The number of anilines is 1. The highest BCUT2D eigenvalue weighted by Gasteiger charge is 2.21. The van der Waals surface area contributed by atoms with E-state index < -0.39 is 0 Å². The molecule has 1 saturated heterocycles. The van der Waals surface area contributed by atoms with Crippen molar-refractivity contribution in [3.63, 3.8) is 0 Å². The van der Waals surface area contributed by atoms with Gasteiger partial charge >= 0.3 is 0 Å². The van der Waals surface area contributed by atoms with Gasteiger partial charge in [-0.15, -0.1) is 0 Å². The first-order valence-corrected chi connectivity index (χ1v) is 7.00. The summed E-state index contributed by atoms with van der Waals surface area (Å²) in [5.41, 5.74) is 1.82. The van der Waals surface area contributed by atoms with E-state index in [0.717, 1.165) is 30.0 Å². The summed E-state index contributed by atoms with van der Waals surface area (Å²) in [7, 11) is 0. The molecule has 1 aliphatic rings. The first-order chi connectivity index (χ1) is 10.2. The maximum atomic E-state index is 12.8. The molecule has 0 unspecified atom stereocenters. The molecule has 2 aromatic carbocycles. The van der Waals surface area contributed by atoms with Gasteiger partial charge in [-0.25, -0.2) is 4.39 Å². The Morgan fingerprint density at radius 2 is 1.76 bits per heavy atom. The first-order valence-electron chi connectivity index (χ1n) is 7.00. The number of hydrogen-bond acceptors (Lipinski definition) is 2. The van der Waals surface area contributed by atoms with Gasteiger partial charge in [-0.05, 0) is 48.4 Å². The van der Waals surface area contributed by atoms with E-state index in [1.165, 1.54) is 12.1 Å². The Morgan fingerprint density at radius 3 is 2.38 bits per heavy atom. The molecule has 0 aromatic heterocycles. The number of amides is 1. The highest BCUT2D eigenvalue weighted by molar-refractivity contribution is 5.95. The van der Waals surface area contributed by atoms with E-state index >= 15 is 0 Å². The van der Waals surface area contributed by atoms with Crippen LogP contribution < -0.4 is 9.64 Å². The lowest BCUT2D eigenvalue weighted by molar-refractivity contribution is -0.117.